The van der Waals surface area contributed by atoms with E-state index in [-0.39, 0.29) is 5.91 Å². The number of fused-ring (bicyclic) bond motifs is 1. The lowest BCUT2D eigenvalue weighted by Crippen LogP contribution is -2.11. The number of aromatic nitrogens is 1. The number of hydrogen-bond acceptors (Lipinski definition) is 5. The molecule has 0 atom stereocenters. The SMILES string of the molecule is COc1ccc(NC(=O)CCCc2nc3ccccc3s2)cc1OC. The van der Waals surface area contributed by atoms with Crippen molar-refractivity contribution in [1.29, 1.82) is 0 Å². The van der Waals surface area contributed by atoms with Gasteiger partial charge in [0.25, 0.3) is 0 Å². The Kier molecular flexibility index (Phi) is 5.50. The van der Waals surface area contributed by atoms with Crippen molar-refractivity contribution < 1.29 is 14.3 Å². The molecule has 0 saturated heterocycles. The molecule has 2 aromatic carbocycles. The number of anilines is 1. The van der Waals surface area contributed by atoms with Crippen molar-refractivity contribution in [2.75, 3.05) is 19.5 Å². The maximum atomic E-state index is 12.1. The van der Waals surface area contributed by atoms with Gasteiger partial charge in [-0.15, -0.1) is 11.3 Å². The van der Waals surface area contributed by atoms with Crippen LogP contribution >= 0.6 is 11.3 Å². The first-order valence-corrected chi connectivity index (χ1v) is 8.87. The zero-order chi connectivity index (χ0) is 17.6. The predicted octanol–water partition coefficient (Wildman–Crippen LogP) is 4.27. The zero-order valence-corrected chi connectivity index (χ0v) is 15.1. The number of benzene rings is 2. The van der Waals surface area contributed by atoms with Crippen LogP contribution in [0, 0.1) is 0 Å². The van der Waals surface area contributed by atoms with Crippen LogP contribution in [0.5, 0.6) is 11.5 Å². The molecule has 0 bridgehead atoms. The second-order valence-corrected chi connectivity index (χ2v) is 6.66. The third kappa shape index (κ3) is 4.28. The molecule has 0 radical (unpaired) electrons. The Balaban J connectivity index is 1.52. The van der Waals surface area contributed by atoms with Crippen molar-refractivity contribution in [2.45, 2.75) is 19.3 Å². The quantitative estimate of drug-likeness (QED) is 0.686. The number of aryl methyl sites for hydroxylation is 1. The Morgan fingerprint density at radius 2 is 1.92 bits per heavy atom. The first-order valence-electron chi connectivity index (χ1n) is 8.06. The summed E-state index contributed by atoms with van der Waals surface area (Å²) < 4.78 is 11.6. The molecule has 5 nitrogen and oxygen atoms in total. The van der Waals surface area contributed by atoms with E-state index in [1.165, 1.54) is 4.70 Å². The summed E-state index contributed by atoms with van der Waals surface area (Å²) >= 11 is 1.69. The number of para-hydroxylation sites is 1. The molecule has 0 aliphatic carbocycles. The van der Waals surface area contributed by atoms with Gasteiger partial charge in [-0.25, -0.2) is 4.98 Å². The van der Waals surface area contributed by atoms with Gasteiger partial charge in [0.2, 0.25) is 5.91 Å². The third-order valence-electron chi connectivity index (χ3n) is 3.80. The number of thiazole rings is 1. The molecular weight excluding hydrogens is 336 g/mol. The number of rotatable bonds is 7. The maximum absolute atomic E-state index is 12.1. The highest BCUT2D eigenvalue weighted by molar-refractivity contribution is 7.18. The largest absolute Gasteiger partial charge is 0.493 e. The smallest absolute Gasteiger partial charge is 0.224 e. The van der Waals surface area contributed by atoms with E-state index in [1.54, 1.807) is 43.8 Å². The van der Waals surface area contributed by atoms with Crippen molar-refractivity contribution >= 4 is 33.1 Å². The van der Waals surface area contributed by atoms with Gasteiger partial charge >= 0.3 is 0 Å². The Bertz CT molecular complexity index is 843. The van der Waals surface area contributed by atoms with Crippen molar-refractivity contribution in [3.05, 3.63) is 47.5 Å². The highest BCUT2D eigenvalue weighted by Crippen LogP contribution is 2.29. The summed E-state index contributed by atoms with van der Waals surface area (Å²) in [5.41, 5.74) is 1.72. The van der Waals surface area contributed by atoms with Crippen LogP contribution in [-0.2, 0) is 11.2 Å². The van der Waals surface area contributed by atoms with Crippen molar-refractivity contribution in [1.82, 2.24) is 4.98 Å². The number of carbonyl (C=O) groups excluding carboxylic acids is 1. The van der Waals surface area contributed by atoms with Crippen molar-refractivity contribution in [2.24, 2.45) is 0 Å². The lowest BCUT2D eigenvalue weighted by atomic mass is 10.2. The van der Waals surface area contributed by atoms with Gasteiger partial charge in [-0.1, -0.05) is 12.1 Å². The van der Waals surface area contributed by atoms with Crippen LogP contribution < -0.4 is 14.8 Å². The van der Waals surface area contributed by atoms with Crippen LogP contribution in [0.3, 0.4) is 0 Å². The average Bonchev–Trinajstić information content (AvgIpc) is 3.04. The highest BCUT2D eigenvalue weighted by atomic mass is 32.1. The number of hydrogen-bond donors (Lipinski definition) is 1. The van der Waals surface area contributed by atoms with Crippen LogP contribution in [-0.4, -0.2) is 25.1 Å². The van der Waals surface area contributed by atoms with E-state index in [0.717, 1.165) is 23.4 Å². The molecule has 3 aromatic rings. The minimum atomic E-state index is -0.0201. The van der Waals surface area contributed by atoms with Gasteiger partial charge in [-0.3, -0.25) is 4.79 Å². The molecule has 1 N–H and O–H groups in total. The summed E-state index contributed by atoms with van der Waals surface area (Å²) in [6.45, 7) is 0. The molecule has 6 heteroatoms. The summed E-state index contributed by atoms with van der Waals surface area (Å²) in [5.74, 6) is 1.21. The molecule has 3 rings (SSSR count). The molecular formula is C19H20N2O3S. The molecule has 1 aromatic heterocycles. The molecule has 25 heavy (non-hydrogen) atoms. The second kappa shape index (κ2) is 7.98. The van der Waals surface area contributed by atoms with Gasteiger partial charge in [0, 0.05) is 18.2 Å². The number of methoxy groups -OCH3 is 2. The Morgan fingerprint density at radius 1 is 1.12 bits per heavy atom. The first kappa shape index (κ1) is 17.2. The van der Waals surface area contributed by atoms with Gasteiger partial charge < -0.3 is 14.8 Å². The molecule has 0 aliphatic heterocycles. The summed E-state index contributed by atoms with van der Waals surface area (Å²) in [6, 6.07) is 13.4. The standard InChI is InChI=1S/C19H20N2O3S/c1-23-15-11-10-13(12-16(15)24-2)20-18(22)8-5-9-19-21-14-6-3-4-7-17(14)25-19/h3-4,6-7,10-12H,5,8-9H2,1-2H3,(H,20,22). The van der Waals surface area contributed by atoms with Crippen LogP contribution in [0.15, 0.2) is 42.5 Å². The van der Waals surface area contributed by atoms with E-state index in [2.05, 4.69) is 16.4 Å². The van der Waals surface area contributed by atoms with E-state index in [9.17, 15) is 4.79 Å². The van der Waals surface area contributed by atoms with Gasteiger partial charge in [-0.05, 0) is 37.1 Å². The molecule has 0 unspecified atom stereocenters. The summed E-state index contributed by atoms with van der Waals surface area (Å²) in [6.07, 6.45) is 2.02. The van der Waals surface area contributed by atoms with Gasteiger partial charge in [-0.2, -0.15) is 0 Å². The number of ether oxygens (including phenoxy) is 2. The van der Waals surface area contributed by atoms with Gasteiger partial charge in [0.15, 0.2) is 11.5 Å². The number of nitrogens with one attached hydrogen (secondary N) is 1. The lowest BCUT2D eigenvalue weighted by molar-refractivity contribution is -0.116. The van der Waals surface area contributed by atoms with Crippen LogP contribution in [0.1, 0.15) is 17.8 Å². The first-order chi connectivity index (χ1) is 12.2. The molecule has 1 amide bonds. The Morgan fingerprint density at radius 3 is 2.68 bits per heavy atom. The second-order valence-electron chi connectivity index (χ2n) is 5.55. The van der Waals surface area contributed by atoms with E-state index in [4.69, 9.17) is 9.47 Å². The summed E-state index contributed by atoms with van der Waals surface area (Å²) in [5, 5.41) is 3.96. The molecule has 0 spiro atoms. The molecule has 0 aliphatic rings. The highest BCUT2D eigenvalue weighted by Gasteiger charge is 2.09. The fraction of sp³-hybridized carbons (Fsp3) is 0.263. The monoisotopic (exact) mass is 356 g/mol. The van der Waals surface area contributed by atoms with E-state index >= 15 is 0 Å². The van der Waals surface area contributed by atoms with Crippen molar-refractivity contribution in [3.8, 4) is 11.5 Å². The predicted molar refractivity (Wildman–Crippen MR) is 101 cm³/mol. The normalized spacial score (nSPS) is 10.6. The summed E-state index contributed by atoms with van der Waals surface area (Å²) in [4.78, 5) is 16.7. The minimum absolute atomic E-state index is 0.0201. The molecule has 0 saturated carbocycles. The van der Waals surface area contributed by atoms with Crippen molar-refractivity contribution in [3.63, 3.8) is 0 Å². The van der Waals surface area contributed by atoms with Gasteiger partial charge in [0.05, 0.1) is 29.4 Å². The van der Waals surface area contributed by atoms with E-state index in [1.807, 2.05) is 18.2 Å². The fourth-order valence-electron chi connectivity index (χ4n) is 2.56. The number of nitrogens with zero attached hydrogens (tertiary/aromatic N) is 1. The maximum Gasteiger partial charge on any atom is 0.224 e. The average molecular weight is 356 g/mol. The zero-order valence-electron chi connectivity index (χ0n) is 14.2. The Hall–Kier alpha value is -2.60. The van der Waals surface area contributed by atoms with Crippen LogP contribution in [0.25, 0.3) is 10.2 Å². The minimum Gasteiger partial charge on any atom is -0.493 e. The molecule has 0 fully saturated rings. The van der Waals surface area contributed by atoms with E-state index in [0.29, 0.717) is 23.6 Å². The van der Waals surface area contributed by atoms with Gasteiger partial charge in [0.1, 0.15) is 0 Å². The lowest BCUT2D eigenvalue weighted by Gasteiger charge is -2.10. The number of amides is 1. The van der Waals surface area contributed by atoms with E-state index < -0.39 is 0 Å². The molecule has 1 heterocycles. The van der Waals surface area contributed by atoms with Crippen LogP contribution in [0.4, 0.5) is 5.69 Å². The van der Waals surface area contributed by atoms with Crippen LogP contribution in [0.2, 0.25) is 0 Å². The summed E-state index contributed by atoms with van der Waals surface area (Å²) in [7, 11) is 3.15. The fourth-order valence-corrected chi connectivity index (χ4v) is 3.57. The third-order valence-corrected chi connectivity index (χ3v) is 4.90. The topological polar surface area (TPSA) is 60.5 Å². The molecule has 130 valence electrons. The number of carbonyl (C=O) groups is 1. The Labute approximate surface area is 150 Å².